The topological polar surface area (TPSA) is 75.9 Å². The number of halogens is 1. The molecule has 0 aliphatic heterocycles. The van der Waals surface area contributed by atoms with E-state index < -0.39 is 0 Å². The van der Waals surface area contributed by atoms with Crippen molar-refractivity contribution in [2.45, 2.75) is 0 Å². The van der Waals surface area contributed by atoms with Gasteiger partial charge >= 0.3 is 0 Å². The maximum atomic E-state index is 8.64. The summed E-state index contributed by atoms with van der Waals surface area (Å²) in [6, 6.07) is 11.4. The number of hydrogen-bond acceptors (Lipinski definition) is 3. The molecular formula is C14H11IN4O. The third-order valence-corrected chi connectivity index (χ3v) is 3.64. The summed E-state index contributed by atoms with van der Waals surface area (Å²) in [5, 5.41) is 11.6. The van der Waals surface area contributed by atoms with Crippen molar-refractivity contribution in [2.24, 2.45) is 10.9 Å². The molecule has 0 aliphatic carbocycles. The highest BCUT2D eigenvalue weighted by atomic mass is 127. The predicted octanol–water partition coefficient (Wildman–Crippen LogP) is 2.70. The Balaban J connectivity index is 2.02. The molecule has 0 radical (unpaired) electrons. The van der Waals surface area contributed by atoms with E-state index in [-0.39, 0.29) is 5.84 Å². The summed E-state index contributed by atoms with van der Waals surface area (Å²) in [4.78, 5) is 4.57. The Morgan fingerprint density at radius 2 is 1.90 bits per heavy atom. The fourth-order valence-corrected chi connectivity index (χ4v) is 2.45. The molecule has 0 aliphatic rings. The first kappa shape index (κ1) is 12.9. The zero-order valence-electron chi connectivity index (χ0n) is 10.4. The molecule has 3 rings (SSSR count). The maximum Gasteiger partial charge on any atom is 0.170 e. The highest BCUT2D eigenvalue weighted by molar-refractivity contribution is 14.1. The highest BCUT2D eigenvalue weighted by Gasteiger charge is 2.05. The largest absolute Gasteiger partial charge is 0.409 e. The van der Waals surface area contributed by atoms with E-state index in [1.807, 2.05) is 41.1 Å². The van der Waals surface area contributed by atoms with Crippen LogP contribution in [0.3, 0.4) is 0 Å². The van der Waals surface area contributed by atoms with Gasteiger partial charge in [-0.25, -0.2) is 4.98 Å². The summed E-state index contributed by atoms with van der Waals surface area (Å²) >= 11 is 2.27. The molecule has 2 heterocycles. The van der Waals surface area contributed by atoms with Gasteiger partial charge in [-0.1, -0.05) is 29.4 Å². The minimum absolute atomic E-state index is 0.0982. The van der Waals surface area contributed by atoms with E-state index in [1.165, 1.54) is 0 Å². The number of fused-ring (bicyclic) bond motifs is 1. The summed E-state index contributed by atoms with van der Waals surface area (Å²) in [6.45, 7) is 0. The van der Waals surface area contributed by atoms with E-state index in [2.05, 4.69) is 32.7 Å². The van der Waals surface area contributed by atoms with Gasteiger partial charge in [0, 0.05) is 27.1 Å². The Labute approximate surface area is 128 Å². The number of amidine groups is 1. The van der Waals surface area contributed by atoms with E-state index in [0.29, 0.717) is 5.56 Å². The predicted molar refractivity (Wildman–Crippen MR) is 85.9 cm³/mol. The van der Waals surface area contributed by atoms with Crippen LogP contribution in [-0.4, -0.2) is 20.4 Å². The van der Waals surface area contributed by atoms with Crippen LogP contribution >= 0.6 is 22.6 Å². The van der Waals surface area contributed by atoms with E-state index in [9.17, 15) is 0 Å². The van der Waals surface area contributed by atoms with Gasteiger partial charge in [0.05, 0.1) is 5.69 Å². The van der Waals surface area contributed by atoms with Crippen LogP contribution in [0.1, 0.15) is 5.56 Å². The van der Waals surface area contributed by atoms with Gasteiger partial charge in [-0.05, 0) is 34.7 Å². The minimum Gasteiger partial charge on any atom is -0.409 e. The molecule has 0 saturated carbocycles. The Morgan fingerprint density at radius 1 is 1.15 bits per heavy atom. The zero-order valence-corrected chi connectivity index (χ0v) is 12.5. The molecular weight excluding hydrogens is 367 g/mol. The van der Waals surface area contributed by atoms with Crippen LogP contribution in [0.15, 0.2) is 53.9 Å². The second kappa shape index (κ2) is 5.12. The van der Waals surface area contributed by atoms with Crippen LogP contribution in [0.2, 0.25) is 0 Å². The van der Waals surface area contributed by atoms with Crippen LogP contribution in [0.25, 0.3) is 16.9 Å². The van der Waals surface area contributed by atoms with Gasteiger partial charge in [0.25, 0.3) is 0 Å². The SMILES string of the molecule is N/C(=N\O)c1ccc(-c2cn3cc(I)ccc3n2)cc1. The molecule has 2 aromatic heterocycles. The van der Waals surface area contributed by atoms with Crippen molar-refractivity contribution in [3.8, 4) is 11.3 Å². The number of nitrogens with zero attached hydrogens (tertiary/aromatic N) is 3. The summed E-state index contributed by atoms with van der Waals surface area (Å²) < 4.78 is 3.15. The second-order valence-corrected chi connectivity index (χ2v) is 5.55. The zero-order chi connectivity index (χ0) is 14.1. The van der Waals surface area contributed by atoms with Crippen molar-refractivity contribution >= 4 is 34.1 Å². The van der Waals surface area contributed by atoms with Crippen molar-refractivity contribution < 1.29 is 5.21 Å². The molecule has 0 atom stereocenters. The molecule has 1 aromatic carbocycles. The van der Waals surface area contributed by atoms with Gasteiger partial charge < -0.3 is 15.3 Å². The number of nitrogens with two attached hydrogens (primary N) is 1. The number of benzene rings is 1. The smallest absolute Gasteiger partial charge is 0.170 e. The molecule has 0 amide bonds. The van der Waals surface area contributed by atoms with Crippen LogP contribution in [0.4, 0.5) is 0 Å². The molecule has 0 spiro atoms. The lowest BCUT2D eigenvalue weighted by molar-refractivity contribution is 0.318. The van der Waals surface area contributed by atoms with Crippen LogP contribution < -0.4 is 5.73 Å². The summed E-state index contributed by atoms with van der Waals surface area (Å²) in [5.74, 6) is 0.0982. The number of imidazole rings is 1. The number of rotatable bonds is 2. The molecule has 6 heteroatoms. The average Bonchev–Trinajstić information content (AvgIpc) is 2.89. The van der Waals surface area contributed by atoms with Crippen LogP contribution in [-0.2, 0) is 0 Å². The molecule has 5 nitrogen and oxygen atoms in total. The molecule has 0 fully saturated rings. The van der Waals surface area contributed by atoms with Crippen molar-refractivity contribution in [3.05, 3.63) is 57.9 Å². The first-order valence-corrected chi connectivity index (χ1v) is 6.98. The quantitative estimate of drug-likeness (QED) is 0.237. The lowest BCUT2D eigenvalue weighted by Crippen LogP contribution is -2.12. The number of hydrogen-bond donors (Lipinski definition) is 2. The second-order valence-electron chi connectivity index (χ2n) is 4.30. The minimum atomic E-state index is 0.0982. The van der Waals surface area contributed by atoms with E-state index >= 15 is 0 Å². The summed E-state index contributed by atoms with van der Waals surface area (Å²) in [7, 11) is 0. The van der Waals surface area contributed by atoms with Gasteiger partial charge in [0.1, 0.15) is 5.65 Å². The first-order chi connectivity index (χ1) is 9.67. The Hall–Kier alpha value is -2.09. The first-order valence-electron chi connectivity index (χ1n) is 5.90. The van der Waals surface area contributed by atoms with Crippen molar-refractivity contribution in [3.63, 3.8) is 0 Å². The standard InChI is InChI=1S/C14H11IN4O/c15-11-5-6-13-17-12(8-19(13)7-11)9-1-3-10(4-2-9)14(16)18-20/h1-8,20H,(H2,16,18). The monoisotopic (exact) mass is 378 g/mol. The number of oxime groups is 1. The van der Waals surface area contributed by atoms with Crippen LogP contribution in [0.5, 0.6) is 0 Å². The molecule has 0 saturated heterocycles. The van der Waals surface area contributed by atoms with Crippen molar-refractivity contribution in [1.29, 1.82) is 0 Å². The third kappa shape index (κ3) is 2.34. The maximum absolute atomic E-state index is 8.64. The molecule has 3 aromatic rings. The van der Waals surface area contributed by atoms with E-state index in [4.69, 9.17) is 10.9 Å². The molecule has 20 heavy (non-hydrogen) atoms. The van der Waals surface area contributed by atoms with Crippen LogP contribution in [0, 0.1) is 3.57 Å². The fourth-order valence-electron chi connectivity index (χ4n) is 1.97. The van der Waals surface area contributed by atoms with Gasteiger partial charge in [0.2, 0.25) is 0 Å². The lowest BCUT2D eigenvalue weighted by Gasteiger charge is -2.00. The van der Waals surface area contributed by atoms with E-state index in [1.54, 1.807) is 12.1 Å². The Morgan fingerprint density at radius 3 is 2.60 bits per heavy atom. The Kier molecular flexibility index (Phi) is 3.31. The highest BCUT2D eigenvalue weighted by Crippen LogP contribution is 2.20. The van der Waals surface area contributed by atoms with Crippen molar-refractivity contribution in [2.75, 3.05) is 0 Å². The molecule has 3 N–H and O–H groups in total. The summed E-state index contributed by atoms with van der Waals surface area (Å²) in [6.07, 6.45) is 4.01. The number of pyridine rings is 1. The molecule has 100 valence electrons. The van der Waals surface area contributed by atoms with Gasteiger partial charge in [-0.15, -0.1) is 0 Å². The van der Waals surface area contributed by atoms with Gasteiger partial charge in [-0.2, -0.15) is 0 Å². The van der Waals surface area contributed by atoms with Gasteiger partial charge in [-0.3, -0.25) is 0 Å². The molecule has 0 unspecified atom stereocenters. The normalized spacial score (nSPS) is 11.9. The van der Waals surface area contributed by atoms with Gasteiger partial charge in [0.15, 0.2) is 5.84 Å². The van der Waals surface area contributed by atoms with Crippen molar-refractivity contribution in [1.82, 2.24) is 9.38 Å². The van der Waals surface area contributed by atoms with E-state index in [0.717, 1.165) is 20.5 Å². The Bertz CT molecular complexity index is 793. The third-order valence-electron chi connectivity index (χ3n) is 3.00. The average molecular weight is 378 g/mol. The molecule has 0 bridgehead atoms. The fraction of sp³-hybridized carbons (Fsp3) is 0. The number of aromatic nitrogens is 2. The lowest BCUT2D eigenvalue weighted by atomic mass is 10.1. The summed E-state index contributed by atoms with van der Waals surface area (Å²) in [5.41, 5.74) is 8.99.